The van der Waals surface area contributed by atoms with E-state index >= 15 is 0 Å². The van der Waals surface area contributed by atoms with Crippen molar-refractivity contribution < 1.29 is 9.13 Å². The van der Waals surface area contributed by atoms with E-state index in [1.165, 1.54) is 6.07 Å². The Balaban J connectivity index is 2.08. The van der Waals surface area contributed by atoms with Crippen LogP contribution in [0, 0.1) is 12.7 Å². The van der Waals surface area contributed by atoms with Gasteiger partial charge < -0.3 is 10.5 Å². The first-order valence-electron chi connectivity index (χ1n) is 6.22. The van der Waals surface area contributed by atoms with Crippen LogP contribution in [-0.2, 0) is 0 Å². The van der Waals surface area contributed by atoms with Crippen LogP contribution in [0.2, 0.25) is 0 Å². The number of nitrogens with zero attached hydrogens (tertiary/aromatic N) is 1. The van der Waals surface area contributed by atoms with E-state index in [-0.39, 0.29) is 5.75 Å². The summed E-state index contributed by atoms with van der Waals surface area (Å²) in [5.41, 5.74) is 6.83. The number of ether oxygens (including phenoxy) is 1. The van der Waals surface area contributed by atoms with Crippen molar-refractivity contribution >= 4 is 16.5 Å². The molecule has 1 heterocycles. The van der Waals surface area contributed by atoms with Crippen LogP contribution in [0.15, 0.2) is 48.7 Å². The standard InChI is InChI=1S/C16H13FN2O/c1-10-8-15(13(17)9-14(10)18)20-16-12-5-3-2-4-11(12)6-7-19-16/h2-9H,18H2,1H3. The number of pyridine rings is 1. The number of hydrogen-bond donors (Lipinski definition) is 1. The second-order valence-electron chi connectivity index (χ2n) is 4.58. The molecule has 0 amide bonds. The summed E-state index contributed by atoms with van der Waals surface area (Å²) in [7, 11) is 0. The lowest BCUT2D eigenvalue weighted by Crippen LogP contribution is -1.96. The van der Waals surface area contributed by atoms with Crippen LogP contribution in [0.3, 0.4) is 0 Å². The monoisotopic (exact) mass is 268 g/mol. The lowest BCUT2D eigenvalue weighted by molar-refractivity contribution is 0.432. The van der Waals surface area contributed by atoms with E-state index in [1.807, 2.05) is 30.3 Å². The van der Waals surface area contributed by atoms with Gasteiger partial charge in [-0.3, -0.25) is 0 Å². The Kier molecular flexibility index (Phi) is 2.99. The van der Waals surface area contributed by atoms with Gasteiger partial charge in [0.2, 0.25) is 5.88 Å². The SMILES string of the molecule is Cc1cc(Oc2nccc3ccccc23)c(F)cc1N. The quantitative estimate of drug-likeness (QED) is 0.713. The maximum absolute atomic E-state index is 13.9. The predicted molar refractivity (Wildman–Crippen MR) is 77.4 cm³/mol. The molecule has 0 aliphatic rings. The van der Waals surface area contributed by atoms with Crippen LogP contribution in [0.25, 0.3) is 10.8 Å². The van der Waals surface area contributed by atoms with Gasteiger partial charge in [0.15, 0.2) is 11.6 Å². The van der Waals surface area contributed by atoms with Crippen LogP contribution in [0.5, 0.6) is 11.6 Å². The molecule has 0 radical (unpaired) electrons. The molecule has 0 unspecified atom stereocenters. The van der Waals surface area contributed by atoms with Gasteiger partial charge >= 0.3 is 0 Å². The summed E-state index contributed by atoms with van der Waals surface area (Å²) < 4.78 is 19.5. The molecular formula is C16H13FN2O. The molecular weight excluding hydrogens is 255 g/mol. The van der Waals surface area contributed by atoms with Gasteiger partial charge in [-0.2, -0.15) is 0 Å². The Morgan fingerprint density at radius 1 is 1.15 bits per heavy atom. The van der Waals surface area contributed by atoms with Crippen LogP contribution >= 0.6 is 0 Å². The van der Waals surface area contributed by atoms with Crippen molar-refractivity contribution in [3.8, 4) is 11.6 Å². The number of anilines is 1. The van der Waals surface area contributed by atoms with Crippen molar-refractivity contribution in [3.05, 3.63) is 60.0 Å². The Morgan fingerprint density at radius 3 is 2.80 bits per heavy atom. The van der Waals surface area contributed by atoms with Gasteiger partial charge in [-0.25, -0.2) is 9.37 Å². The van der Waals surface area contributed by atoms with Crippen molar-refractivity contribution in [1.29, 1.82) is 0 Å². The molecule has 20 heavy (non-hydrogen) atoms. The number of benzene rings is 2. The molecule has 0 aliphatic heterocycles. The molecule has 0 atom stereocenters. The fourth-order valence-corrected chi connectivity index (χ4v) is 2.03. The minimum Gasteiger partial charge on any atom is -0.435 e. The Morgan fingerprint density at radius 2 is 1.95 bits per heavy atom. The van der Waals surface area contributed by atoms with E-state index in [1.54, 1.807) is 19.2 Å². The van der Waals surface area contributed by atoms with Crippen molar-refractivity contribution in [2.24, 2.45) is 0 Å². The second kappa shape index (κ2) is 4.81. The Hall–Kier alpha value is -2.62. The average Bonchev–Trinajstić information content (AvgIpc) is 2.45. The van der Waals surface area contributed by atoms with Gasteiger partial charge in [0, 0.05) is 23.3 Å². The summed E-state index contributed by atoms with van der Waals surface area (Å²) >= 11 is 0. The zero-order valence-corrected chi connectivity index (χ0v) is 10.9. The molecule has 3 rings (SSSR count). The van der Waals surface area contributed by atoms with E-state index in [2.05, 4.69) is 4.98 Å². The fraction of sp³-hybridized carbons (Fsp3) is 0.0625. The van der Waals surface area contributed by atoms with Crippen LogP contribution in [-0.4, -0.2) is 4.98 Å². The lowest BCUT2D eigenvalue weighted by Gasteiger charge is -2.10. The summed E-state index contributed by atoms with van der Waals surface area (Å²) in [6.07, 6.45) is 1.64. The van der Waals surface area contributed by atoms with E-state index in [9.17, 15) is 4.39 Å². The number of halogens is 1. The molecule has 0 aliphatic carbocycles. The molecule has 100 valence electrons. The predicted octanol–water partition coefficient (Wildman–Crippen LogP) is 4.06. The van der Waals surface area contributed by atoms with Crippen molar-refractivity contribution in [3.63, 3.8) is 0 Å². The molecule has 1 aromatic heterocycles. The third-order valence-corrected chi connectivity index (χ3v) is 3.16. The minimum absolute atomic E-state index is 0.126. The van der Waals surface area contributed by atoms with E-state index in [0.29, 0.717) is 11.6 Å². The van der Waals surface area contributed by atoms with Crippen LogP contribution in [0.1, 0.15) is 5.56 Å². The highest BCUT2D eigenvalue weighted by Gasteiger charge is 2.10. The summed E-state index contributed by atoms with van der Waals surface area (Å²) in [6, 6.07) is 12.4. The van der Waals surface area contributed by atoms with Gasteiger partial charge in [0.1, 0.15) is 0 Å². The third kappa shape index (κ3) is 2.16. The van der Waals surface area contributed by atoms with Crippen molar-refractivity contribution in [2.45, 2.75) is 6.92 Å². The van der Waals surface area contributed by atoms with Gasteiger partial charge in [-0.1, -0.05) is 18.2 Å². The number of rotatable bonds is 2. The zero-order chi connectivity index (χ0) is 14.1. The number of aryl methyl sites for hydroxylation is 1. The number of nitrogens with two attached hydrogens (primary N) is 1. The summed E-state index contributed by atoms with van der Waals surface area (Å²) in [5.74, 6) is 0.00885. The molecule has 2 N–H and O–H groups in total. The smallest absolute Gasteiger partial charge is 0.227 e. The van der Waals surface area contributed by atoms with Gasteiger partial charge in [-0.15, -0.1) is 0 Å². The highest BCUT2D eigenvalue weighted by molar-refractivity contribution is 5.86. The maximum atomic E-state index is 13.9. The first-order chi connectivity index (χ1) is 9.65. The molecule has 0 saturated carbocycles. The van der Waals surface area contributed by atoms with Crippen molar-refractivity contribution in [1.82, 2.24) is 4.98 Å². The Bertz CT molecular complexity index is 781. The lowest BCUT2D eigenvalue weighted by atomic mass is 10.1. The summed E-state index contributed by atoms with van der Waals surface area (Å²) in [4.78, 5) is 4.18. The molecule has 4 heteroatoms. The highest BCUT2D eigenvalue weighted by atomic mass is 19.1. The molecule has 0 spiro atoms. The largest absolute Gasteiger partial charge is 0.435 e. The first-order valence-corrected chi connectivity index (χ1v) is 6.22. The fourth-order valence-electron chi connectivity index (χ4n) is 2.03. The van der Waals surface area contributed by atoms with E-state index < -0.39 is 5.82 Å². The summed E-state index contributed by atoms with van der Waals surface area (Å²) in [6.45, 7) is 1.80. The molecule has 3 nitrogen and oxygen atoms in total. The second-order valence-corrected chi connectivity index (χ2v) is 4.58. The topological polar surface area (TPSA) is 48.1 Å². The molecule has 0 saturated heterocycles. The number of fused-ring (bicyclic) bond motifs is 1. The molecule has 0 bridgehead atoms. The molecule has 2 aromatic carbocycles. The zero-order valence-electron chi connectivity index (χ0n) is 10.9. The Labute approximate surface area is 115 Å². The number of hydrogen-bond acceptors (Lipinski definition) is 3. The van der Waals surface area contributed by atoms with Gasteiger partial charge in [-0.05, 0) is 36.1 Å². The first kappa shape index (κ1) is 12.4. The summed E-state index contributed by atoms with van der Waals surface area (Å²) in [5, 5.41) is 1.83. The minimum atomic E-state index is -0.497. The molecule has 3 aromatic rings. The molecule has 0 fully saturated rings. The normalized spacial score (nSPS) is 10.7. The van der Waals surface area contributed by atoms with E-state index in [4.69, 9.17) is 10.5 Å². The van der Waals surface area contributed by atoms with E-state index in [0.717, 1.165) is 16.3 Å². The van der Waals surface area contributed by atoms with Gasteiger partial charge in [0.25, 0.3) is 0 Å². The van der Waals surface area contributed by atoms with Gasteiger partial charge in [0.05, 0.1) is 0 Å². The maximum Gasteiger partial charge on any atom is 0.227 e. The van der Waals surface area contributed by atoms with Crippen LogP contribution < -0.4 is 10.5 Å². The average molecular weight is 268 g/mol. The highest BCUT2D eigenvalue weighted by Crippen LogP contribution is 2.31. The van der Waals surface area contributed by atoms with Crippen LogP contribution in [0.4, 0.5) is 10.1 Å². The number of nitrogen functional groups attached to an aromatic ring is 1. The number of aromatic nitrogens is 1. The van der Waals surface area contributed by atoms with Crippen molar-refractivity contribution in [2.75, 3.05) is 5.73 Å². The third-order valence-electron chi connectivity index (χ3n) is 3.16.